The number of thiophene rings is 1. The molecular weight excluding hydrogens is 272 g/mol. The van der Waals surface area contributed by atoms with Crippen LogP contribution in [-0.2, 0) is 5.60 Å². The SMILES string of the molecule is Cc1sc2c(C(C)(C)O)cccc2c1Br. The van der Waals surface area contributed by atoms with Gasteiger partial charge in [-0.05, 0) is 36.7 Å². The first-order valence-electron chi connectivity index (χ1n) is 4.81. The van der Waals surface area contributed by atoms with E-state index in [0.29, 0.717) is 0 Å². The summed E-state index contributed by atoms with van der Waals surface area (Å²) in [5.41, 5.74) is 0.217. The lowest BCUT2D eigenvalue weighted by molar-refractivity contribution is 0.0804. The van der Waals surface area contributed by atoms with Crippen molar-refractivity contribution in [1.29, 1.82) is 0 Å². The van der Waals surface area contributed by atoms with Crippen LogP contribution in [0.15, 0.2) is 22.7 Å². The van der Waals surface area contributed by atoms with Gasteiger partial charge in [0.25, 0.3) is 0 Å². The van der Waals surface area contributed by atoms with Crippen LogP contribution in [-0.4, -0.2) is 5.11 Å². The number of hydrogen-bond acceptors (Lipinski definition) is 2. The summed E-state index contributed by atoms with van der Waals surface area (Å²) in [7, 11) is 0. The highest BCUT2D eigenvalue weighted by atomic mass is 79.9. The van der Waals surface area contributed by atoms with E-state index in [1.165, 1.54) is 15.0 Å². The van der Waals surface area contributed by atoms with Crippen molar-refractivity contribution >= 4 is 37.4 Å². The molecule has 1 aromatic carbocycles. The molecular formula is C12H13BrOS. The van der Waals surface area contributed by atoms with Crippen LogP contribution in [0.5, 0.6) is 0 Å². The lowest BCUT2D eigenvalue weighted by Crippen LogP contribution is -2.15. The molecule has 15 heavy (non-hydrogen) atoms. The quantitative estimate of drug-likeness (QED) is 0.832. The molecule has 1 heterocycles. The number of aliphatic hydroxyl groups is 1. The number of rotatable bonds is 1. The number of fused-ring (bicyclic) bond motifs is 1. The topological polar surface area (TPSA) is 20.2 Å². The van der Waals surface area contributed by atoms with Gasteiger partial charge in [-0.25, -0.2) is 0 Å². The van der Waals surface area contributed by atoms with Crippen molar-refractivity contribution in [3.8, 4) is 0 Å². The molecule has 0 aliphatic heterocycles. The Morgan fingerprint density at radius 3 is 2.60 bits per heavy atom. The van der Waals surface area contributed by atoms with Crippen LogP contribution in [0.3, 0.4) is 0 Å². The molecule has 3 heteroatoms. The van der Waals surface area contributed by atoms with Crippen molar-refractivity contribution in [2.45, 2.75) is 26.4 Å². The highest BCUT2D eigenvalue weighted by Crippen LogP contribution is 2.39. The van der Waals surface area contributed by atoms with E-state index in [4.69, 9.17) is 0 Å². The highest BCUT2D eigenvalue weighted by molar-refractivity contribution is 9.10. The maximum absolute atomic E-state index is 10.1. The molecule has 1 aromatic heterocycles. The van der Waals surface area contributed by atoms with E-state index in [1.807, 2.05) is 26.0 Å². The summed E-state index contributed by atoms with van der Waals surface area (Å²) in [5, 5.41) is 11.3. The minimum absolute atomic E-state index is 0.782. The molecule has 0 atom stereocenters. The zero-order valence-corrected chi connectivity index (χ0v) is 11.4. The van der Waals surface area contributed by atoms with Crippen molar-refractivity contribution in [3.63, 3.8) is 0 Å². The molecule has 80 valence electrons. The molecule has 0 fully saturated rings. The van der Waals surface area contributed by atoms with Crippen LogP contribution in [0, 0.1) is 6.92 Å². The van der Waals surface area contributed by atoms with Crippen molar-refractivity contribution < 1.29 is 5.11 Å². The van der Waals surface area contributed by atoms with Gasteiger partial charge in [0.1, 0.15) is 0 Å². The van der Waals surface area contributed by atoms with Gasteiger partial charge >= 0.3 is 0 Å². The maximum atomic E-state index is 10.1. The van der Waals surface area contributed by atoms with Gasteiger partial charge in [0.05, 0.1) is 5.60 Å². The minimum Gasteiger partial charge on any atom is -0.386 e. The molecule has 1 nitrogen and oxygen atoms in total. The second-order valence-corrected chi connectivity index (χ2v) is 6.23. The summed E-state index contributed by atoms with van der Waals surface area (Å²) in [6.07, 6.45) is 0. The smallest absolute Gasteiger partial charge is 0.0854 e. The molecule has 0 amide bonds. The van der Waals surface area contributed by atoms with Crippen LogP contribution >= 0.6 is 27.3 Å². The van der Waals surface area contributed by atoms with Gasteiger partial charge in [-0.2, -0.15) is 0 Å². The Labute approximate surface area is 102 Å². The normalized spacial score (nSPS) is 12.3. The summed E-state index contributed by atoms with van der Waals surface area (Å²) >= 11 is 5.31. The van der Waals surface area contributed by atoms with Crippen molar-refractivity contribution in [1.82, 2.24) is 0 Å². The summed E-state index contributed by atoms with van der Waals surface area (Å²) in [6, 6.07) is 6.06. The van der Waals surface area contributed by atoms with Gasteiger partial charge in [-0.15, -0.1) is 11.3 Å². The Hall–Kier alpha value is -0.380. The molecule has 0 aliphatic carbocycles. The second-order valence-electron chi connectivity index (χ2n) is 4.21. The predicted molar refractivity (Wildman–Crippen MR) is 69.5 cm³/mol. The van der Waals surface area contributed by atoms with Gasteiger partial charge < -0.3 is 5.11 Å². The zero-order valence-electron chi connectivity index (χ0n) is 8.97. The molecule has 0 radical (unpaired) electrons. The molecule has 2 aromatic rings. The third kappa shape index (κ3) is 1.84. The Kier molecular flexibility index (Phi) is 2.65. The van der Waals surface area contributed by atoms with Gasteiger partial charge in [-0.3, -0.25) is 0 Å². The molecule has 0 bridgehead atoms. The molecule has 0 spiro atoms. The second kappa shape index (κ2) is 3.58. The highest BCUT2D eigenvalue weighted by Gasteiger charge is 2.21. The number of hydrogen-bond donors (Lipinski definition) is 1. The first-order chi connectivity index (χ1) is 6.91. The van der Waals surface area contributed by atoms with Crippen LogP contribution in [0.1, 0.15) is 24.3 Å². The van der Waals surface area contributed by atoms with Crippen molar-refractivity contribution in [2.75, 3.05) is 0 Å². The third-order valence-electron chi connectivity index (χ3n) is 2.47. The summed E-state index contributed by atoms with van der Waals surface area (Å²) in [4.78, 5) is 1.25. The van der Waals surface area contributed by atoms with Crippen LogP contribution in [0.25, 0.3) is 10.1 Å². The summed E-state index contributed by atoms with van der Waals surface area (Å²) in [5.74, 6) is 0. The minimum atomic E-state index is -0.782. The average Bonchev–Trinajstić information content (AvgIpc) is 2.41. The van der Waals surface area contributed by atoms with Gasteiger partial charge in [-0.1, -0.05) is 18.2 Å². The Morgan fingerprint density at radius 2 is 2.00 bits per heavy atom. The van der Waals surface area contributed by atoms with E-state index in [-0.39, 0.29) is 0 Å². The van der Waals surface area contributed by atoms with E-state index in [2.05, 4.69) is 28.9 Å². The van der Waals surface area contributed by atoms with Crippen LogP contribution < -0.4 is 0 Å². The molecule has 2 rings (SSSR count). The molecule has 0 saturated carbocycles. The lowest BCUT2D eigenvalue weighted by atomic mass is 9.97. The molecule has 0 unspecified atom stereocenters. The Balaban J connectivity index is 2.83. The fourth-order valence-corrected chi connectivity index (χ4v) is 3.61. The van der Waals surface area contributed by atoms with Crippen molar-refractivity contribution in [3.05, 3.63) is 33.1 Å². The number of halogens is 1. The summed E-state index contributed by atoms with van der Waals surface area (Å²) in [6.45, 7) is 5.73. The Morgan fingerprint density at radius 1 is 1.33 bits per heavy atom. The molecule has 1 N–H and O–H groups in total. The molecule has 0 saturated heterocycles. The molecule has 0 aliphatic rings. The number of benzene rings is 1. The average molecular weight is 285 g/mol. The fourth-order valence-electron chi connectivity index (χ4n) is 1.69. The predicted octanol–water partition coefficient (Wildman–Crippen LogP) is 4.20. The zero-order chi connectivity index (χ0) is 11.2. The monoisotopic (exact) mass is 284 g/mol. The largest absolute Gasteiger partial charge is 0.386 e. The van der Waals surface area contributed by atoms with Crippen LogP contribution in [0.4, 0.5) is 0 Å². The standard InChI is InChI=1S/C12H13BrOS/c1-7-10(13)8-5-4-6-9(11(8)15-7)12(2,3)14/h4-6,14H,1-3H3. The van der Waals surface area contributed by atoms with E-state index >= 15 is 0 Å². The third-order valence-corrected chi connectivity index (χ3v) is 4.91. The maximum Gasteiger partial charge on any atom is 0.0854 e. The Bertz CT molecular complexity index is 508. The van der Waals surface area contributed by atoms with Gasteiger partial charge in [0, 0.05) is 25.0 Å². The van der Waals surface area contributed by atoms with Crippen LogP contribution in [0.2, 0.25) is 0 Å². The van der Waals surface area contributed by atoms with E-state index in [0.717, 1.165) is 10.0 Å². The van der Waals surface area contributed by atoms with Crippen molar-refractivity contribution in [2.24, 2.45) is 0 Å². The van der Waals surface area contributed by atoms with E-state index in [1.54, 1.807) is 11.3 Å². The van der Waals surface area contributed by atoms with E-state index < -0.39 is 5.60 Å². The fraction of sp³-hybridized carbons (Fsp3) is 0.333. The first kappa shape index (κ1) is 11.1. The lowest BCUT2D eigenvalue weighted by Gasteiger charge is -2.18. The van der Waals surface area contributed by atoms with E-state index in [9.17, 15) is 5.11 Å². The summed E-state index contributed by atoms with van der Waals surface area (Å²) < 4.78 is 2.32. The first-order valence-corrected chi connectivity index (χ1v) is 6.42. The number of aryl methyl sites for hydroxylation is 1. The van der Waals surface area contributed by atoms with Gasteiger partial charge in [0.2, 0.25) is 0 Å². The van der Waals surface area contributed by atoms with Gasteiger partial charge in [0.15, 0.2) is 0 Å².